The number of furan rings is 1. The number of rotatable bonds is 10. The van der Waals surface area contributed by atoms with E-state index in [4.69, 9.17) is 19.0 Å². The number of hydrogen-bond donors (Lipinski definition) is 2. The summed E-state index contributed by atoms with van der Waals surface area (Å²) in [7, 11) is 0. The second kappa shape index (κ2) is 12.1. The number of aromatic nitrogens is 1. The third-order valence-electron chi connectivity index (χ3n) is 6.39. The van der Waals surface area contributed by atoms with Gasteiger partial charge in [0, 0.05) is 52.6 Å². The summed E-state index contributed by atoms with van der Waals surface area (Å²) in [6.45, 7) is 7.50. The number of anilines is 2. The largest absolute Gasteiger partial charge is 0.476 e. The van der Waals surface area contributed by atoms with Crippen molar-refractivity contribution in [3.05, 3.63) is 35.3 Å². The normalized spacial score (nSPS) is 15.5. The molecule has 0 atom stereocenters. The molecule has 37 heavy (non-hydrogen) atoms. The van der Waals surface area contributed by atoms with Gasteiger partial charge in [-0.05, 0) is 19.1 Å². The highest BCUT2D eigenvalue weighted by Crippen LogP contribution is 2.29. The fourth-order valence-corrected chi connectivity index (χ4v) is 4.42. The van der Waals surface area contributed by atoms with E-state index in [9.17, 15) is 14.4 Å². The number of ether oxygens (including phenoxy) is 2. The van der Waals surface area contributed by atoms with E-state index in [1.165, 1.54) is 6.26 Å². The smallest absolute Gasteiger partial charge is 0.259 e. The molecule has 1 saturated heterocycles. The summed E-state index contributed by atoms with van der Waals surface area (Å²) in [6, 6.07) is 3.52. The average molecular weight is 516 g/mol. The van der Waals surface area contributed by atoms with Crippen LogP contribution in [0.5, 0.6) is 5.88 Å². The van der Waals surface area contributed by atoms with Crippen LogP contribution >= 0.6 is 0 Å². The van der Waals surface area contributed by atoms with Gasteiger partial charge in [-0.1, -0.05) is 0 Å². The summed E-state index contributed by atoms with van der Waals surface area (Å²) < 4.78 is 16.5. The lowest BCUT2D eigenvalue weighted by atomic mass is 10.0. The second-order valence-electron chi connectivity index (χ2n) is 8.73. The first-order valence-electron chi connectivity index (χ1n) is 12.5. The van der Waals surface area contributed by atoms with Crippen LogP contribution in [0.2, 0.25) is 0 Å². The van der Waals surface area contributed by atoms with Gasteiger partial charge in [-0.25, -0.2) is 0 Å². The summed E-state index contributed by atoms with van der Waals surface area (Å²) in [5.41, 5.74) is 0.773. The van der Waals surface area contributed by atoms with Gasteiger partial charge in [0.2, 0.25) is 11.8 Å². The minimum absolute atomic E-state index is 0.0544. The van der Waals surface area contributed by atoms with Crippen LogP contribution in [0.25, 0.3) is 0 Å². The van der Waals surface area contributed by atoms with Crippen molar-refractivity contribution in [2.75, 3.05) is 75.9 Å². The Morgan fingerprint density at radius 1 is 1.16 bits per heavy atom. The minimum Gasteiger partial charge on any atom is -0.476 e. The number of fused-ring (bicyclic) bond motifs is 1. The number of carbonyl (C=O) groups excluding carboxylic acids is 3. The third-order valence-corrected chi connectivity index (χ3v) is 6.39. The van der Waals surface area contributed by atoms with Crippen molar-refractivity contribution in [3.63, 3.8) is 0 Å². The molecule has 2 aliphatic rings. The zero-order chi connectivity index (χ0) is 26.4. The van der Waals surface area contributed by atoms with Crippen molar-refractivity contribution in [1.29, 1.82) is 0 Å². The van der Waals surface area contributed by atoms with Gasteiger partial charge in [0.05, 0.1) is 37.6 Å². The van der Waals surface area contributed by atoms with Gasteiger partial charge in [0.25, 0.3) is 11.8 Å². The molecule has 200 valence electrons. The Morgan fingerprint density at radius 3 is 2.65 bits per heavy atom. The van der Waals surface area contributed by atoms with Crippen LogP contribution in [0.15, 0.2) is 22.8 Å². The molecule has 4 rings (SSSR count). The number of aliphatic hydroxyl groups is 1. The van der Waals surface area contributed by atoms with E-state index in [-0.39, 0.29) is 42.0 Å². The maximum atomic E-state index is 13.2. The average Bonchev–Trinajstić information content (AvgIpc) is 3.34. The van der Waals surface area contributed by atoms with E-state index in [1.807, 2.05) is 6.92 Å². The molecule has 0 unspecified atom stereocenters. The summed E-state index contributed by atoms with van der Waals surface area (Å²) in [4.78, 5) is 48.0. The molecule has 0 aliphatic carbocycles. The van der Waals surface area contributed by atoms with Gasteiger partial charge in [-0.2, -0.15) is 4.98 Å². The Kier molecular flexibility index (Phi) is 8.62. The van der Waals surface area contributed by atoms with Gasteiger partial charge in [0.15, 0.2) is 0 Å². The molecule has 12 heteroatoms. The molecule has 3 amide bonds. The Hall–Kier alpha value is -3.64. The molecule has 0 saturated carbocycles. The summed E-state index contributed by atoms with van der Waals surface area (Å²) >= 11 is 0. The highest BCUT2D eigenvalue weighted by molar-refractivity contribution is 6.13. The molecule has 0 bridgehead atoms. The number of hydrogen-bond acceptors (Lipinski definition) is 9. The number of nitrogens with one attached hydrogen (secondary N) is 1. The van der Waals surface area contributed by atoms with E-state index in [2.05, 4.69) is 15.2 Å². The number of piperazine rings is 1. The lowest BCUT2D eigenvalue weighted by Crippen LogP contribution is -2.48. The van der Waals surface area contributed by atoms with Crippen molar-refractivity contribution in [1.82, 2.24) is 14.8 Å². The van der Waals surface area contributed by atoms with Crippen LogP contribution in [-0.2, 0) is 16.0 Å². The standard InChI is InChI=1S/C25H33N5O7/c1-3-36-24-19(4-5-21(27-24)29-10-8-28(9-11-29)17(2)32)26-23(33)18-16-37-20-6-7-30(25(34)22(18)20)12-14-35-15-13-31/h4-5,16,31H,3,6-15H2,1-2H3,(H,26,33). The molecule has 2 aromatic heterocycles. The van der Waals surface area contributed by atoms with Crippen molar-refractivity contribution < 1.29 is 33.4 Å². The Labute approximate surface area is 215 Å². The molecular formula is C25H33N5O7. The van der Waals surface area contributed by atoms with E-state index in [0.29, 0.717) is 76.2 Å². The molecule has 2 aliphatic heterocycles. The Morgan fingerprint density at radius 2 is 1.95 bits per heavy atom. The monoisotopic (exact) mass is 515 g/mol. The van der Waals surface area contributed by atoms with Gasteiger partial charge in [0.1, 0.15) is 23.5 Å². The van der Waals surface area contributed by atoms with Crippen molar-refractivity contribution in [2.24, 2.45) is 0 Å². The van der Waals surface area contributed by atoms with Crippen LogP contribution in [0.3, 0.4) is 0 Å². The zero-order valence-electron chi connectivity index (χ0n) is 21.2. The first kappa shape index (κ1) is 26.4. The number of pyridine rings is 1. The van der Waals surface area contributed by atoms with Crippen LogP contribution < -0.4 is 15.0 Å². The van der Waals surface area contributed by atoms with Crippen LogP contribution in [-0.4, -0.2) is 103 Å². The predicted octanol–water partition coefficient (Wildman–Crippen LogP) is 1.00. The van der Waals surface area contributed by atoms with Crippen molar-refractivity contribution in [3.8, 4) is 5.88 Å². The van der Waals surface area contributed by atoms with E-state index < -0.39 is 5.91 Å². The zero-order valence-corrected chi connectivity index (χ0v) is 21.2. The maximum Gasteiger partial charge on any atom is 0.259 e. The first-order chi connectivity index (χ1) is 17.9. The molecule has 0 spiro atoms. The fraction of sp³-hybridized carbons (Fsp3) is 0.520. The van der Waals surface area contributed by atoms with Crippen LogP contribution in [0, 0.1) is 0 Å². The fourth-order valence-electron chi connectivity index (χ4n) is 4.42. The van der Waals surface area contributed by atoms with Gasteiger partial charge in [-0.3, -0.25) is 14.4 Å². The number of amides is 3. The van der Waals surface area contributed by atoms with Crippen LogP contribution in [0.4, 0.5) is 11.5 Å². The first-order valence-corrected chi connectivity index (χ1v) is 12.5. The topological polar surface area (TPSA) is 138 Å². The quantitative estimate of drug-likeness (QED) is 0.444. The minimum atomic E-state index is -0.498. The van der Waals surface area contributed by atoms with Crippen LogP contribution in [0.1, 0.15) is 40.3 Å². The molecule has 0 radical (unpaired) electrons. The van der Waals surface area contributed by atoms with Crippen molar-refractivity contribution in [2.45, 2.75) is 20.3 Å². The highest BCUT2D eigenvalue weighted by Gasteiger charge is 2.33. The van der Waals surface area contributed by atoms with E-state index in [0.717, 1.165) is 0 Å². The SMILES string of the molecule is CCOc1nc(N2CCN(C(C)=O)CC2)ccc1NC(=O)c1coc2c1C(=O)N(CCOCCO)CC2. The molecule has 4 heterocycles. The van der Waals surface area contributed by atoms with Gasteiger partial charge in [-0.15, -0.1) is 0 Å². The molecule has 2 aromatic rings. The Balaban J connectivity index is 1.47. The summed E-state index contributed by atoms with van der Waals surface area (Å²) in [5.74, 6) is 0.705. The van der Waals surface area contributed by atoms with E-state index >= 15 is 0 Å². The van der Waals surface area contributed by atoms with Crippen molar-refractivity contribution >= 4 is 29.2 Å². The van der Waals surface area contributed by atoms with Gasteiger partial charge < -0.3 is 39.0 Å². The Bertz CT molecular complexity index is 1130. The second-order valence-corrected chi connectivity index (χ2v) is 8.73. The molecule has 2 N–H and O–H groups in total. The number of nitrogens with zero attached hydrogens (tertiary/aromatic N) is 4. The summed E-state index contributed by atoms with van der Waals surface area (Å²) in [5, 5.41) is 11.7. The highest BCUT2D eigenvalue weighted by atomic mass is 16.5. The van der Waals surface area contributed by atoms with Gasteiger partial charge >= 0.3 is 0 Å². The lowest BCUT2D eigenvalue weighted by molar-refractivity contribution is -0.129. The third kappa shape index (κ3) is 6.03. The lowest BCUT2D eigenvalue weighted by Gasteiger charge is -2.35. The molecule has 1 fully saturated rings. The summed E-state index contributed by atoms with van der Waals surface area (Å²) in [6.07, 6.45) is 1.80. The molecule has 12 nitrogen and oxygen atoms in total. The number of carbonyl (C=O) groups is 3. The number of aliphatic hydroxyl groups excluding tert-OH is 1. The predicted molar refractivity (Wildman–Crippen MR) is 134 cm³/mol. The molecular weight excluding hydrogens is 482 g/mol. The maximum absolute atomic E-state index is 13.2. The molecule has 0 aromatic carbocycles. The van der Waals surface area contributed by atoms with E-state index in [1.54, 1.807) is 28.9 Å².